The van der Waals surface area contributed by atoms with Crippen LogP contribution in [-0.2, 0) is 4.79 Å². The fourth-order valence-electron chi connectivity index (χ4n) is 1.02. The molecular weight excluding hydrogens is 232 g/mol. The first-order valence-corrected chi connectivity index (χ1v) is 3.89. The second-order valence-electron chi connectivity index (χ2n) is 2.80. The fraction of sp³-hybridized carbons (Fsp3) is 0.111. The molecule has 0 bridgehead atoms. The molecule has 1 N–H and O–H groups in total. The summed E-state index contributed by atoms with van der Waals surface area (Å²) in [4.78, 5) is 21.1. The zero-order chi connectivity index (χ0) is 12.5. The Morgan fingerprint density at radius 2 is 1.75 bits per heavy atom. The van der Waals surface area contributed by atoms with Gasteiger partial charge >= 0.3 is 5.97 Å². The zero-order valence-electron chi connectivity index (χ0n) is 7.51. The van der Waals surface area contributed by atoms with Gasteiger partial charge in [-0.3, -0.25) is 4.79 Å². The Hall–Kier alpha value is -1.92. The second kappa shape index (κ2) is 4.30. The third-order valence-electron chi connectivity index (χ3n) is 1.74. The topological polar surface area (TPSA) is 54.4 Å². The molecule has 0 atom stereocenters. The molecule has 16 heavy (non-hydrogen) atoms. The number of halogens is 4. The Morgan fingerprint density at radius 3 is 2.19 bits per heavy atom. The van der Waals surface area contributed by atoms with Crippen molar-refractivity contribution in [2.45, 2.75) is 6.43 Å². The number of hydrogen-bond acceptors (Lipinski definition) is 2. The van der Waals surface area contributed by atoms with Crippen LogP contribution < -0.4 is 0 Å². The standard InChI is InChI=1S/C9H4F4O3/c10-5-2-3(8(12)13)1-4(6(5)11)7(14)9(15)16/h1-2,8H,(H,15,16). The Kier molecular flexibility index (Phi) is 3.26. The van der Waals surface area contributed by atoms with Crippen LogP contribution in [0.15, 0.2) is 12.1 Å². The molecule has 0 heterocycles. The summed E-state index contributed by atoms with van der Waals surface area (Å²) in [5.41, 5.74) is -2.17. The van der Waals surface area contributed by atoms with Crippen molar-refractivity contribution in [3.63, 3.8) is 0 Å². The van der Waals surface area contributed by atoms with E-state index in [0.717, 1.165) is 0 Å². The number of ketones is 1. The van der Waals surface area contributed by atoms with Crippen molar-refractivity contribution < 1.29 is 32.3 Å². The normalized spacial score (nSPS) is 10.6. The van der Waals surface area contributed by atoms with Gasteiger partial charge in [0, 0.05) is 5.56 Å². The van der Waals surface area contributed by atoms with Crippen LogP contribution in [0.4, 0.5) is 17.6 Å². The molecule has 0 saturated carbocycles. The highest BCUT2D eigenvalue weighted by Gasteiger charge is 2.24. The minimum absolute atomic E-state index is 0.207. The molecule has 0 fully saturated rings. The Balaban J connectivity index is 3.38. The second-order valence-corrected chi connectivity index (χ2v) is 2.80. The van der Waals surface area contributed by atoms with Crippen molar-refractivity contribution >= 4 is 11.8 Å². The number of carbonyl (C=O) groups excluding carboxylic acids is 1. The lowest BCUT2D eigenvalue weighted by Gasteiger charge is -2.04. The van der Waals surface area contributed by atoms with E-state index >= 15 is 0 Å². The number of alkyl halides is 2. The average molecular weight is 236 g/mol. The number of benzene rings is 1. The van der Waals surface area contributed by atoms with Crippen molar-refractivity contribution in [3.8, 4) is 0 Å². The lowest BCUT2D eigenvalue weighted by atomic mass is 10.1. The van der Waals surface area contributed by atoms with E-state index in [4.69, 9.17) is 5.11 Å². The molecule has 0 radical (unpaired) electrons. The minimum Gasteiger partial charge on any atom is -0.475 e. The van der Waals surface area contributed by atoms with Crippen LogP contribution in [0, 0.1) is 11.6 Å². The Labute approximate surface area is 86.3 Å². The molecule has 0 unspecified atom stereocenters. The van der Waals surface area contributed by atoms with Crippen LogP contribution in [0.25, 0.3) is 0 Å². The van der Waals surface area contributed by atoms with Gasteiger partial charge in [-0.05, 0) is 12.1 Å². The number of hydrogen-bond donors (Lipinski definition) is 1. The summed E-state index contributed by atoms with van der Waals surface area (Å²) in [6, 6.07) is 0.526. The number of carbonyl (C=O) groups is 2. The molecule has 3 nitrogen and oxygen atoms in total. The van der Waals surface area contributed by atoms with Crippen molar-refractivity contribution in [2.75, 3.05) is 0 Å². The molecule has 0 aromatic heterocycles. The molecule has 1 aromatic rings. The van der Waals surface area contributed by atoms with Gasteiger partial charge in [0.25, 0.3) is 12.2 Å². The molecule has 0 spiro atoms. The van der Waals surface area contributed by atoms with Crippen LogP contribution in [0.5, 0.6) is 0 Å². The molecule has 7 heteroatoms. The van der Waals surface area contributed by atoms with Crippen molar-refractivity contribution in [2.24, 2.45) is 0 Å². The summed E-state index contributed by atoms with van der Waals surface area (Å²) in [6.45, 7) is 0. The van der Waals surface area contributed by atoms with Crippen molar-refractivity contribution in [1.82, 2.24) is 0 Å². The van der Waals surface area contributed by atoms with E-state index in [-0.39, 0.29) is 6.07 Å². The average Bonchev–Trinajstić information content (AvgIpc) is 2.20. The van der Waals surface area contributed by atoms with Crippen LogP contribution in [0.1, 0.15) is 22.3 Å². The monoisotopic (exact) mass is 236 g/mol. The molecule has 86 valence electrons. The maximum atomic E-state index is 13.0. The molecular formula is C9H4F4O3. The number of aliphatic carboxylic acids is 1. The fourth-order valence-corrected chi connectivity index (χ4v) is 1.02. The number of carboxylic acid groups (broad SMARTS) is 1. The third-order valence-corrected chi connectivity index (χ3v) is 1.74. The van der Waals surface area contributed by atoms with E-state index in [1.54, 1.807) is 0 Å². The highest BCUT2D eigenvalue weighted by molar-refractivity contribution is 6.39. The molecule has 1 aromatic carbocycles. The molecule has 0 saturated heterocycles. The van der Waals surface area contributed by atoms with Crippen LogP contribution in [0.2, 0.25) is 0 Å². The summed E-state index contributed by atoms with van der Waals surface area (Å²) in [7, 11) is 0. The summed E-state index contributed by atoms with van der Waals surface area (Å²) < 4.78 is 50.1. The first-order chi connectivity index (χ1) is 7.34. The van der Waals surface area contributed by atoms with Gasteiger partial charge in [-0.2, -0.15) is 0 Å². The molecule has 0 aliphatic carbocycles. The van der Waals surface area contributed by atoms with Gasteiger partial charge < -0.3 is 5.11 Å². The summed E-state index contributed by atoms with van der Waals surface area (Å²) in [6.07, 6.45) is -3.13. The van der Waals surface area contributed by atoms with Gasteiger partial charge in [0.1, 0.15) is 0 Å². The first kappa shape index (κ1) is 12.2. The van der Waals surface area contributed by atoms with Gasteiger partial charge in [0.15, 0.2) is 11.6 Å². The Bertz CT molecular complexity index is 456. The van der Waals surface area contributed by atoms with Gasteiger partial charge in [-0.25, -0.2) is 22.4 Å². The summed E-state index contributed by atoms with van der Waals surface area (Å²) >= 11 is 0. The maximum Gasteiger partial charge on any atom is 0.377 e. The number of rotatable bonds is 3. The van der Waals surface area contributed by atoms with E-state index in [1.807, 2.05) is 0 Å². The van der Waals surface area contributed by atoms with Gasteiger partial charge in [0.2, 0.25) is 0 Å². The first-order valence-electron chi connectivity index (χ1n) is 3.89. The minimum atomic E-state index is -3.13. The van der Waals surface area contributed by atoms with Crippen LogP contribution >= 0.6 is 0 Å². The smallest absolute Gasteiger partial charge is 0.377 e. The van der Waals surface area contributed by atoms with Gasteiger partial charge in [0.05, 0.1) is 5.56 Å². The molecule has 0 amide bonds. The molecule has 1 rings (SSSR count). The van der Waals surface area contributed by atoms with Crippen molar-refractivity contribution in [1.29, 1.82) is 0 Å². The van der Waals surface area contributed by atoms with E-state index in [2.05, 4.69) is 0 Å². The molecule has 0 aliphatic rings. The maximum absolute atomic E-state index is 13.0. The number of Topliss-reactive ketones (excluding diaryl/α,β-unsaturated/α-hetero) is 1. The summed E-state index contributed by atoms with van der Waals surface area (Å²) in [5.74, 6) is -7.28. The zero-order valence-corrected chi connectivity index (χ0v) is 7.51. The largest absolute Gasteiger partial charge is 0.475 e. The lowest BCUT2D eigenvalue weighted by molar-refractivity contribution is -0.131. The number of carboxylic acids is 1. The Morgan fingerprint density at radius 1 is 1.19 bits per heavy atom. The van der Waals surface area contributed by atoms with Crippen LogP contribution in [-0.4, -0.2) is 16.9 Å². The predicted molar refractivity (Wildman–Crippen MR) is 43.3 cm³/mol. The highest BCUT2D eigenvalue weighted by atomic mass is 19.3. The SMILES string of the molecule is O=C(O)C(=O)c1cc(C(F)F)cc(F)c1F. The van der Waals surface area contributed by atoms with Gasteiger partial charge in [-0.15, -0.1) is 0 Å². The quantitative estimate of drug-likeness (QED) is 0.497. The highest BCUT2D eigenvalue weighted by Crippen LogP contribution is 2.23. The van der Waals surface area contributed by atoms with E-state index < -0.39 is 40.9 Å². The summed E-state index contributed by atoms with van der Waals surface area (Å²) in [5, 5.41) is 8.25. The van der Waals surface area contributed by atoms with Crippen LogP contribution in [0.3, 0.4) is 0 Å². The van der Waals surface area contributed by atoms with E-state index in [9.17, 15) is 27.2 Å². The van der Waals surface area contributed by atoms with Gasteiger partial charge in [-0.1, -0.05) is 0 Å². The lowest BCUT2D eigenvalue weighted by Crippen LogP contribution is -2.16. The third kappa shape index (κ3) is 2.18. The van der Waals surface area contributed by atoms with Crippen molar-refractivity contribution in [3.05, 3.63) is 34.9 Å². The molecule has 0 aliphatic heterocycles. The van der Waals surface area contributed by atoms with E-state index in [1.165, 1.54) is 0 Å². The van der Waals surface area contributed by atoms with E-state index in [0.29, 0.717) is 6.07 Å². The predicted octanol–water partition coefficient (Wildman–Crippen LogP) is 2.17.